The molecule has 84 valence electrons. The van der Waals surface area contributed by atoms with E-state index >= 15 is 0 Å². The normalized spacial score (nSPS) is 14.7. The van der Waals surface area contributed by atoms with Gasteiger partial charge in [-0.25, -0.2) is 4.39 Å². The first-order chi connectivity index (χ1) is 7.04. The molecule has 0 heterocycles. The van der Waals surface area contributed by atoms with Gasteiger partial charge < -0.3 is 10.1 Å². The minimum Gasteiger partial charge on any atom is -0.380 e. The number of methoxy groups -OCH3 is 1. The summed E-state index contributed by atoms with van der Waals surface area (Å²) < 4.78 is 18.3. The fourth-order valence-corrected chi connectivity index (χ4v) is 1.29. The molecular formula is C11H15ClFNO. The molecule has 15 heavy (non-hydrogen) atoms. The molecule has 0 radical (unpaired) electrons. The lowest BCUT2D eigenvalue weighted by Gasteiger charge is -2.21. The fraction of sp³-hybridized carbons (Fsp3) is 0.455. The van der Waals surface area contributed by atoms with E-state index in [-0.39, 0.29) is 17.2 Å². The van der Waals surface area contributed by atoms with Gasteiger partial charge in [-0.2, -0.15) is 0 Å². The maximum Gasteiger partial charge on any atom is 0.143 e. The van der Waals surface area contributed by atoms with Crippen LogP contribution >= 0.6 is 11.6 Å². The van der Waals surface area contributed by atoms with Crippen LogP contribution in [-0.2, 0) is 4.74 Å². The van der Waals surface area contributed by atoms with Crippen molar-refractivity contribution in [3.05, 3.63) is 29.0 Å². The summed E-state index contributed by atoms with van der Waals surface area (Å²) in [6.07, 6.45) is 0.0590. The molecule has 0 bridgehead atoms. The van der Waals surface area contributed by atoms with E-state index in [9.17, 15) is 4.39 Å². The minimum atomic E-state index is -0.418. The van der Waals surface area contributed by atoms with E-state index in [1.54, 1.807) is 13.2 Å². The standard InChI is InChI=1S/C11H15ClFNO/c1-7(8(2)15-3)14-9-4-5-10(12)11(13)6-9/h4-8,14H,1-3H3. The van der Waals surface area contributed by atoms with Gasteiger partial charge in [0.25, 0.3) is 0 Å². The van der Waals surface area contributed by atoms with Gasteiger partial charge >= 0.3 is 0 Å². The van der Waals surface area contributed by atoms with Crippen LogP contribution in [0.3, 0.4) is 0 Å². The molecule has 0 spiro atoms. The molecule has 1 aromatic rings. The SMILES string of the molecule is COC(C)C(C)Nc1ccc(Cl)c(F)c1. The number of anilines is 1. The molecule has 0 saturated carbocycles. The number of hydrogen-bond acceptors (Lipinski definition) is 2. The second kappa shape index (κ2) is 5.33. The lowest BCUT2D eigenvalue weighted by molar-refractivity contribution is 0.106. The van der Waals surface area contributed by atoms with Crippen molar-refractivity contribution in [3.63, 3.8) is 0 Å². The molecule has 0 amide bonds. The molecule has 2 nitrogen and oxygen atoms in total. The molecule has 2 atom stereocenters. The maximum atomic E-state index is 13.1. The Labute approximate surface area is 94.4 Å². The van der Waals surface area contributed by atoms with E-state index in [2.05, 4.69) is 5.32 Å². The van der Waals surface area contributed by atoms with Crippen molar-refractivity contribution in [2.75, 3.05) is 12.4 Å². The molecule has 4 heteroatoms. The summed E-state index contributed by atoms with van der Waals surface area (Å²) in [5, 5.41) is 3.27. The average Bonchev–Trinajstić information content (AvgIpc) is 2.22. The zero-order valence-corrected chi connectivity index (χ0v) is 9.81. The highest BCUT2D eigenvalue weighted by molar-refractivity contribution is 6.30. The van der Waals surface area contributed by atoms with Crippen LogP contribution in [0.15, 0.2) is 18.2 Å². The number of rotatable bonds is 4. The third-order valence-electron chi connectivity index (χ3n) is 2.39. The van der Waals surface area contributed by atoms with Crippen molar-refractivity contribution >= 4 is 17.3 Å². The quantitative estimate of drug-likeness (QED) is 0.859. The van der Waals surface area contributed by atoms with Gasteiger partial charge in [0.2, 0.25) is 0 Å². The Morgan fingerprint density at radius 3 is 2.60 bits per heavy atom. The predicted octanol–water partition coefficient (Wildman–Crippen LogP) is 3.31. The van der Waals surface area contributed by atoms with Gasteiger partial charge in [0.1, 0.15) is 5.82 Å². The van der Waals surface area contributed by atoms with E-state index in [0.717, 1.165) is 0 Å². The van der Waals surface area contributed by atoms with Crippen molar-refractivity contribution in [2.24, 2.45) is 0 Å². The summed E-state index contributed by atoms with van der Waals surface area (Å²) in [6, 6.07) is 4.75. The Hall–Kier alpha value is -0.800. The van der Waals surface area contributed by atoms with Gasteiger partial charge in [0.05, 0.1) is 11.1 Å². The summed E-state index contributed by atoms with van der Waals surface area (Å²) in [7, 11) is 1.64. The summed E-state index contributed by atoms with van der Waals surface area (Å²) in [5.41, 5.74) is 0.702. The van der Waals surface area contributed by atoms with Crippen molar-refractivity contribution in [1.82, 2.24) is 0 Å². The Kier molecular flexibility index (Phi) is 4.36. The van der Waals surface area contributed by atoms with Crippen LogP contribution in [0.1, 0.15) is 13.8 Å². The molecule has 0 aromatic heterocycles. The highest BCUT2D eigenvalue weighted by Crippen LogP contribution is 2.19. The lowest BCUT2D eigenvalue weighted by Crippen LogP contribution is -2.29. The smallest absolute Gasteiger partial charge is 0.143 e. The van der Waals surface area contributed by atoms with Gasteiger partial charge in [0.15, 0.2) is 0 Å². The number of nitrogens with one attached hydrogen (secondary N) is 1. The van der Waals surface area contributed by atoms with E-state index < -0.39 is 5.82 Å². The number of halogens is 2. The van der Waals surface area contributed by atoms with Gasteiger partial charge in [-0.1, -0.05) is 11.6 Å². The number of ether oxygens (including phenoxy) is 1. The minimum absolute atomic E-state index is 0.0590. The molecule has 0 fully saturated rings. The summed E-state index contributed by atoms with van der Waals surface area (Å²) in [5.74, 6) is -0.418. The van der Waals surface area contributed by atoms with Crippen LogP contribution in [0, 0.1) is 5.82 Å². The average molecular weight is 232 g/mol. The third kappa shape index (κ3) is 3.36. The zero-order chi connectivity index (χ0) is 11.4. The summed E-state index contributed by atoms with van der Waals surface area (Å²) >= 11 is 5.58. The van der Waals surface area contributed by atoms with Crippen molar-refractivity contribution in [1.29, 1.82) is 0 Å². The highest BCUT2D eigenvalue weighted by atomic mass is 35.5. The Morgan fingerprint density at radius 2 is 2.07 bits per heavy atom. The second-order valence-electron chi connectivity index (χ2n) is 3.50. The van der Waals surface area contributed by atoms with Crippen LogP contribution in [0.4, 0.5) is 10.1 Å². The molecular weight excluding hydrogens is 217 g/mol. The largest absolute Gasteiger partial charge is 0.380 e. The number of benzene rings is 1. The molecule has 1 aromatic carbocycles. The van der Waals surface area contributed by atoms with E-state index in [1.807, 2.05) is 13.8 Å². The summed E-state index contributed by atoms with van der Waals surface area (Å²) in [6.45, 7) is 3.92. The van der Waals surface area contributed by atoms with E-state index in [0.29, 0.717) is 5.69 Å². The molecule has 2 unspecified atom stereocenters. The predicted molar refractivity (Wildman–Crippen MR) is 61.0 cm³/mol. The topological polar surface area (TPSA) is 21.3 Å². The Balaban J connectivity index is 2.68. The zero-order valence-electron chi connectivity index (χ0n) is 9.05. The Bertz CT molecular complexity index is 332. The van der Waals surface area contributed by atoms with Gasteiger partial charge in [-0.3, -0.25) is 0 Å². The van der Waals surface area contributed by atoms with Crippen molar-refractivity contribution in [2.45, 2.75) is 26.0 Å². The molecule has 0 saturated heterocycles. The van der Waals surface area contributed by atoms with Crippen molar-refractivity contribution in [3.8, 4) is 0 Å². The Morgan fingerprint density at radius 1 is 1.40 bits per heavy atom. The molecule has 1 N–H and O–H groups in total. The molecule has 0 aliphatic carbocycles. The fourth-order valence-electron chi connectivity index (χ4n) is 1.17. The maximum absolute atomic E-state index is 13.1. The van der Waals surface area contributed by atoms with Gasteiger partial charge in [-0.05, 0) is 32.0 Å². The monoisotopic (exact) mass is 231 g/mol. The van der Waals surface area contributed by atoms with Crippen LogP contribution in [0.2, 0.25) is 5.02 Å². The highest BCUT2D eigenvalue weighted by Gasteiger charge is 2.11. The van der Waals surface area contributed by atoms with E-state index in [1.165, 1.54) is 12.1 Å². The first-order valence-electron chi connectivity index (χ1n) is 4.79. The van der Waals surface area contributed by atoms with Crippen LogP contribution in [-0.4, -0.2) is 19.3 Å². The van der Waals surface area contributed by atoms with Crippen molar-refractivity contribution < 1.29 is 9.13 Å². The second-order valence-corrected chi connectivity index (χ2v) is 3.91. The van der Waals surface area contributed by atoms with Gasteiger partial charge in [-0.15, -0.1) is 0 Å². The van der Waals surface area contributed by atoms with E-state index in [4.69, 9.17) is 16.3 Å². The third-order valence-corrected chi connectivity index (χ3v) is 2.70. The first-order valence-corrected chi connectivity index (χ1v) is 5.16. The molecule has 0 aliphatic rings. The summed E-state index contributed by atoms with van der Waals surface area (Å²) in [4.78, 5) is 0. The van der Waals surface area contributed by atoms with Crippen LogP contribution < -0.4 is 5.32 Å². The lowest BCUT2D eigenvalue weighted by atomic mass is 10.2. The first kappa shape index (κ1) is 12.3. The number of hydrogen-bond donors (Lipinski definition) is 1. The molecule has 1 rings (SSSR count). The van der Waals surface area contributed by atoms with Gasteiger partial charge in [0, 0.05) is 18.8 Å². The van der Waals surface area contributed by atoms with Crippen LogP contribution in [0.25, 0.3) is 0 Å². The van der Waals surface area contributed by atoms with Crippen LogP contribution in [0.5, 0.6) is 0 Å². The molecule has 0 aliphatic heterocycles.